The van der Waals surface area contributed by atoms with Crippen molar-refractivity contribution >= 4 is 29.9 Å². The number of guanidine groups is 1. The first-order valence-corrected chi connectivity index (χ1v) is 10.6. The van der Waals surface area contributed by atoms with Crippen molar-refractivity contribution in [1.29, 1.82) is 0 Å². The molecule has 2 saturated heterocycles. The smallest absolute Gasteiger partial charge is 0.193 e. The largest absolute Gasteiger partial charge is 0.396 e. The molecule has 2 aliphatic rings. The molecule has 2 N–H and O–H groups in total. The summed E-state index contributed by atoms with van der Waals surface area (Å²) in [4.78, 5) is 9.94. The minimum Gasteiger partial charge on any atom is -0.396 e. The Hall–Kier alpha value is -0.860. The van der Waals surface area contributed by atoms with Crippen molar-refractivity contribution in [2.45, 2.75) is 45.7 Å². The van der Waals surface area contributed by atoms with Gasteiger partial charge in [-0.05, 0) is 50.1 Å². The summed E-state index contributed by atoms with van der Waals surface area (Å²) in [5, 5.41) is 12.7. The highest BCUT2D eigenvalue weighted by Crippen LogP contribution is 2.31. The van der Waals surface area contributed by atoms with Crippen LogP contribution in [0.2, 0.25) is 0 Å². The molecule has 1 aromatic carbocycles. The Morgan fingerprint density at radius 3 is 2.75 bits per heavy atom. The van der Waals surface area contributed by atoms with Crippen LogP contribution in [-0.2, 0) is 6.54 Å². The highest BCUT2D eigenvalue weighted by molar-refractivity contribution is 14.0. The average Bonchev–Trinajstić information content (AvgIpc) is 2.71. The van der Waals surface area contributed by atoms with Gasteiger partial charge in [0.05, 0.1) is 0 Å². The van der Waals surface area contributed by atoms with E-state index < -0.39 is 0 Å². The molecule has 0 aromatic heterocycles. The van der Waals surface area contributed by atoms with Crippen molar-refractivity contribution in [3.63, 3.8) is 0 Å². The Bertz CT molecular complexity index is 597. The van der Waals surface area contributed by atoms with Crippen LogP contribution in [0.3, 0.4) is 0 Å². The predicted octanol–water partition coefficient (Wildman–Crippen LogP) is 3.18. The standard InChI is InChI=1S/C22H36N4O.HI/c1-3-23-22(24-14-18(2)17-27)26-13-11-21-20(16-26)10-7-12-25(21)15-19-8-5-4-6-9-19;/h4-6,8-9,18,20-21,27H,3,7,10-17H2,1-2H3,(H,23,24);1H. The molecule has 2 fully saturated rings. The molecule has 3 unspecified atom stereocenters. The second-order valence-electron chi connectivity index (χ2n) is 8.14. The molecule has 1 aromatic rings. The number of halogens is 1. The van der Waals surface area contributed by atoms with Crippen molar-refractivity contribution in [3.05, 3.63) is 35.9 Å². The highest BCUT2D eigenvalue weighted by Gasteiger charge is 2.36. The fourth-order valence-corrected chi connectivity index (χ4v) is 4.44. The number of benzene rings is 1. The molecule has 0 aliphatic carbocycles. The monoisotopic (exact) mass is 500 g/mol. The summed E-state index contributed by atoms with van der Waals surface area (Å²) >= 11 is 0. The van der Waals surface area contributed by atoms with Gasteiger partial charge in [-0.15, -0.1) is 24.0 Å². The summed E-state index contributed by atoms with van der Waals surface area (Å²) in [6.45, 7) is 10.4. The number of nitrogens with one attached hydrogen (secondary N) is 1. The Kier molecular flexibility index (Phi) is 10.0. The predicted molar refractivity (Wildman–Crippen MR) is 127 cm³/mol. The van der Waals surface area contributed by atoms with E-state index in [4.69, 9.17) is 4.99 Å². The molecule has 0 amide bonds. The van der Waals surface area contributed by atoms with Gasteiger partial charge in [0.25, 0.3) is 0 Å². The van der Waals surface area contributed by atoms with Crippen molar-refractivity contribution in [2.75, 3.05) is 39.3 Å². The van der Waals surface area contributed by atoms with E-state index >= 15 is 0 Å². The molecule has 6 heteroatoms. The van der Waals surface area contributed by atoms with Crippen LogP contribution in [0.25, 0.3) is 0 Å². The van der Waals surface area contributed by atoms with E-state index in [2.05, 4.69) is 52.4 Å². The second kappa shape index (κ2) is 12.0. The molecular weight excluding hydrogens is 463 g/mol. The lowest BCUT2D eigenvalue weighted by atomic mass is 9.83. The van der Waals surface area contributed by atoms with Crippen LogP contribution in [-0.4, -0.2) is 66.2 Å². The zero-order valence-electron chi connectivity index (χ0n) is 17.4. The summed E-state index contributed by atoms with van der Waals surface area (Å²) in [5.74, 6) is 1.96. The van der Waals surface area contributed by atoms with Crippen molar-refractivity contribution in [2.24, 2.45) is 16.8 Å². The topological polar surface area (TPSA) is 51.1 Å². The zero-order valence-corrected chi connectivity index (χ0v) is 19.7. The van der Waals surface area contributed by atoms with Crippen LogP contribution in [0.1, 0.15) is 38.7 Å². The van der Waals surface area contributed by atoms with Gasteiger partial charge in [0.1, 0.15) is 0 Å². The van der Waals surface area contributed by atoms with E-state index in [9.17, 15) is 5.11 Å². The maximum Gasteiger partial charge on any atom is 0.193 e. The molecule has 158 valence electrons. The third-order valence-electron chi connectivity index (χ3n) is 5.91. The van der Waals surface area contributed by atoms with Crippen LogP contribution in [0.15, 0.2) is 35.3 Å². The molecule has 2 heterocycles. The first kappa shape index (κ1) is 23.4. The van der Waals surface area contributed by atoms with Crippen LogP contribution in [0.5, 0.6) is 0 Å². The minimum atomic E-state index is 0. The maximum absolute atomic E-state index is 9.28. The fourth-order valence-electron chi connectivity index (χ4n) is 4.44. The lowest BCUT2D eigenvalue weighted by Gasteiger charge is -2.48. The van der Waals surface area contributed by atoms with Gasteiger partial charge in [-0.3, -0.25) is 9.89 Å². The van der Waals surface area contributed by atoms with E-state index in [1.54, 1.807) is 0 Å². The summed E-state index contributed by atoms with van der Waals surface area (Å²) in [5.41, 5.74) is 1.42. The number of hydrogen-bond donors (Lipinski definition) is 2. The van der Waals surface area contributed by atoms with Crippen LogP contribution in [0, 0.1) is 11.8 Å². The Balaban J connectivity index is 0.00000280. The van der Waals surface area contributed by atoms with E-state index in [1.165, 1.54) is 31.4 Å². The zero-order chi connectivity index (χ0) is 19.1. The number of aliphatic hydroxyl groups excluding tert-OH is 1. The minimum absolute atomic E-state index is 0. The number of hydrogen-bond acceptors (Lipinski definition) is 3. The summed E-state index contributed by atoms with van der Waals surface area (Å²) in [6, 6.07) is 11.6. The summed E-state index contributed by atoms with van der Waals surface area (Å²) in [7, 11) is 0. The van der Waals surface area contributed by atoms with Crippen molar-refractivity contribution < 1.29 is 5.11 Å². The Morgan fingerprint density at radius 1 is 1.25 bits per heavy atom. The lowest BCUT2D eigenvalue weighted by Crippen LogP contribution is -2.56. The Morgan fingerprint density at radius 2 is 2.04 bits per heavy atom. The molecule has 0 saturated carbocycles. The van der Waals surface area contributed by atoms with Gasteiger partial charge in [0, 0.05) is 45.4 Å². The number of nitrogens with zero attached hydrogens (tertiary/aromatic N) is 3. The van der Waals surface area contributed by atoms with E-state index in [0.717, 1.165) is 38.1 Å². The van der Waals surface area contributed by atoms with Gasteiger partial charge in [0.15, 0.2) is 5.96 Å². The van der Waals surface area contributed by atoms with Crippen LogP contribution >= 0.6 is 24.0 Å². The molecule has 0 radical (unpaired) electrons. The number of likely N-dealkylation sites (tertiary alicyclic amines) is 2. The number of fused-ring (bicyclic) bond motifs is 1. The SMILES string of the molecule is CCNC(=NCC(C)CO)N1CCC2C(CCCN2Cc2ccccc2)C1.I. The number of aliphatic hydroxyl groups is 1. The van der Waals surface area contributed by atoms with Crippen LogP contribution < -0.4 is 5.32 Å². The third kappa shape index (κ3) is 6.32. The van der Waals surface area contributed by atoms with Crippen LogP contribution in [0.4, 0.5) is 0 Å². The number of rotatable bonds is 6. The number of aliphatic imine (C=N–C) groups is 1. The normalized spacial score (nSPS) is 24.2. The molecule has 0 spiro atoms. The fraction of sp³-hybridized carbons (Fsp3) is 0.682. The van der Waals surface area contributed by atoms with Crippen molar-refractivity contribution in [1.82, 2.24) is 15.1 Å². The Labute approximate surface area is 187 Å². The van der Waals surface area contributed by atoms with E-state index in [1.807, 2.05) is 6.92 Å². The molecule has 28 heavy (non-hydrogen) atoms. The number of piperidine rings is 2. The summed E-state index contributed by atoms with van der Waals surface area (Å²) in [6.07, 6.45) is 3.81. The van der Waals surface area contributed by atoms with E-state index in [0.29, 0.717) is 12.6 Å². The maximum atomic E-state index is 9.28. The third-order valence-corrected chi connectivity index (χ3v) is 5.91. The first-order chi connectivity index (χ1) is 13.2. The second-order valence-corrected chi connectivity index (χ2v) is 8.14. The molecule has 2 aliphatic heterocycles. The van der Waals surface area contributed by atoms with Gasteiger partial charge < -0.3 is 15.3 Å². The molecule has 5 nitrogen and oxygen atoms in total. The molecule has 3 atom stereocenters. The average molecular weight is 500 g/mol. The van der Waals surface area contributed by atoms with Crippen molar-refractivity contribution in [3.8, 4) is 0 Å². The van der Waals surface area contributed by atoms with Gasteiger partial charge >= 0.3 is 0 Å². The highest BCUT2D eigenvalue weighted by atomic mass is 127. The van der Waals surface area contributed by atoms with Gasteiger partial charge in [-0.1, -0.05) is 37.3 Å². The molecule has 3 rings (SSSR count). The molecular formula is C22H37IN4O. The van der Waals surface area contributed by atoms with Gasteiger partial charge in [0.2, 0.25) is 0 Å². The lowest BCUT2D eigenvalue weighted by molar-refractivity contribution is 0.0372. The van der Waals surface area contributed by atoms with Gasteiger partial charge in [-0.2, -0.15) is 0 Å². The first-order valence-electron chi connectivity index (χ1n) is 10.6. The summed E-state index contributed by atoms with van der Waals surface area (Å²) < 4.78 is 0. The van der Waals surface area contributed by atoms with E-state index in [-0.39, 0.29) is 36.5 Å². The molecule has 0 bridgehead atoms. The quantitative estimate of drug-likeness (QED) is 0.358. The van der Waals surface area contributed by atoms with Gasteiger partial charge in [-0.25, -0.2) is 0 Å².